The van der Waals surface area contributed by atoms with E-state index in [1.807, 2.05) is 38.2 Å². The van der Waals surface area contributed by atoms with Crippen LogP contribution < -0.4 is 20.6 Å². The molecule has 0 aliphatic heterocycles. The number of pyridine rings is 1. The van der Waals surface area contributed by atoms with Crippen molar-refractivity contribution in [3.8, 4) is 0 Å². The predicted molar refractivity (Wildman–Crippen MR) is 130 cm³/mol. The first-order valence-corrected chi connectivity index (χ1v) is 11.8. The second-order valence-corrected chi connectivity index (χ2v) is 9.47. The Balaban J connectivity index is 1.69. The zero-order valence-corrected chi connectivity index (χ0v) is 19.2. The molecular weight excluding hydrogens is 420 g/mol. The Morgan fingerprint density at radius 2 is 2.06 bits per heavy atom. The smallest absolute Gasteiger partial charge is 0.251 e. The van der Waals surface area contributed by atoms with Crippen LogP contribution in [0.15, 0.2) is 53.5 Å². The molecule has 6 heteroatoms. The van der Waals surface area contributed by atoms with E-state index in [4.69, 9.17) is 5.11 Å². The summed E-state index contributed by atoms with van der Waals surface area (Å²) in [5.41, 5.74) is 4.09. The van der Waals surface area contributed by atoms with E-state index in [9.17, 15) is 9.59 Å². The number of nitrogens with one attached hydrogen (secondary N) is 1. The van der Waals surface area contributed by atoms with Crippen molar-refractivity contribution in [2.24, 2.45) is 0 Å². The average Bonchev–Trinajstić information content (AvgIpc) is 3.21. The van der Waals surface area contributed by atoms with Crippen molar-refractivity contribution < 1.29 is 9.90 Å². The molecule has 2 heterocycles. The van der Waals surface area contributed by atoms with Crippen molar-refractivity contribution >= 4 is 28.9 Å². The van der Waals surface area contributed by atoms with Gasteiger partial charge in [0.1, 0.15) is 0 Å². The summed E-state index contributed by atoms with van der Waals surface area (Å²) in [6, 6.07) is 13.7. The highest BCUT2D eigenvalue weighted by Gasteiger charge is 2.13. The monoisotopic (exact) mass is 448 g/mol. The summed E-state index contributed by atoms with van der Waals surface area (Å²) in [6.45, 7) is 4.21. The van der Waals surface area contributed by atoms with Gasteiger partial charge in [-0.2, -0.15) is 0 Å². The van der Waals surface area contributed by atoms with E-state index in [2.05, 4.69) is 23.5 Å². The molecular formula is C26H28N2O3S. The molecule has 1 aliphatic carbocycles. The number of aliphatic hydroxyl groups is 1. The second-order valence-electron chi connectivity index (χ2n) is 8.33. The first-order valence-electron chi connectivity index (χ1n) is 11.0. The van der Waals surface area contributed by atoms with Crippen LogP contribution in [0.3, 0.4) is 0 Å². The van der Waals surface area contributed by atoms with E-state index in [0.717, 1.165) is 30.4 Å². The van der Waals surface area contributed by atoms with Crippen LogP contribution in [0.25, 0.3) is 11.6 Å². The molecule has 4 rings (SSSR count). The standard InChI is InChI=1S/C26H28N2O3S/c1-17(2)28-16-18(9-10-24(28)30)13-22-15-20-6-4-8-23(25(20)32-22)19-5-3-7-21(14-19)26(31)27-11-12-29/h3,5-7,9-10,14-17,29H,4,8,11-13H2,1-2H3,(H,27,31). The van der Waals surface area contributed by atoms with E-state index in [1.54, 1.807) is 28.0 Å². The summed E-state index contributed by atoms with van der Waals surface area (Å²) < 4.78 is 3.04. The normalized spacial score (nSPS) is 13.1. The number of rotatable bonds is 7. The Labute approximate surface area is 191 Å². The number of thiophene rings is 1. The van der Waals surface area contributed by atoms with Gasteiger partial charge in [0.25, 0.3) is 11.5 Å². The minimum Gasteiger partial charge on any atom is -0.395 e. The Hall–Kier alpha value is -2.96. The van der Waals surface area contributed by atoms with E-state index in [0.29, 0.717) is 5.56 Å². The van der Waals surface area contributed by atoms with Crippen molar-refractivity contribution in [3.63, 3.8) is 0 Å². The third kappa shape index (κ3) is 4.76. The van der Waals surface area contributed by atoms with Crippen LogP contribution in [0.1, 0.15) is 59.1 Å². The maximum Gasteiger partial charge on any atom is 0.251 e. The molecule has 5 nitrogen and oxygen atoms in total. The zero-order valence-electron chi connectivity index (χ0n) is 18.4. The number of fused-ring (bicyclic) bond motifs is 1. The number of carbonyl (C=O) groups excluding carboxylic acids is 1. The van der Waals surface area contributed by atoms with Gasteiger partial charge >= 0.3 is 0 Å². The molecule has 0 atom stereocenters. The molecule has 0 radical (unpaired) electrons. The first-order chi connectivity index (χ1) is 15.5. The molecule has 0 unspecified atom stereocenters. The Morgan fingerprint density at radius 3 is 2.84 bits per heavy atom. The lowest BCUT2D eigenvalue weighted by Crippen LogP contribution is -2.27. The molecule has 0 bridgehead atoms. The topological polar surface area (TPSA) is 71.3 Å². The largest absolute Gasteiger partial charge is 0.395 e. The maximum absolute atomic E-state index is 12.3. The molecule has 1 aliphatic rings. The lowest BCUT2D eigenvalue weighted by molar-refractivity contribution is 0.0944. The summed E-state index contributed by atoms with van der Waals surface area (Å²) in [7, 11) is 0. The lowest BCUT2D eigenvalue weighted by Gasteiger charge is -2.11. The van der Waals surface area contributed by atoms with E-state index in [1.165, 1.54) is 20.2 Å². The number of amides is 1. The molecule has 32 heavy (non-hydrogen) atoms. The number of aromatic nitrogens is 1. The number of aliphatic hydroxyl groups excluding tert-OH is 1. The van der Waals surface area contributed by atoms with Gasteiger partial charge in [0.2, 0.25) is 0 Å². The third-order valence-corrected chi connectivity index (χ3v) is 6.86. The molecule has 2 N–H and O–H groups in total. The zero-order chi connectivity index (χ0) is 22.7. The van der Waals surface area contributed by atoms with Crippen molar-refractivity contribution in [3.05, 3.63) is 90.3 Å². The number of hydrogen-bond donors (Lipinski definition) is 2. The predicted octanol–water partition coefficient (Wildman–Crippen LogP) is 2.58. The Morgan fingerprint density at radius 1 is 1.22 bits per heavy atom. The highest BCUT2D eigenvalue weighted by Crippen LogP contribution is 2.22. The van der Waals surface area contributed by atoms with Gasteiger partial charge in [0.15, 0.2) is 0 Å². The number of hydrogen-bond acceptors (Lipinski definition) is 4. The van der Waals surface area contributed by atoms with Gasteiger partial charge < -0.3 is 15.0 Å². The van der Waals surface area contributed by atoms with Crippen LogP contribution in [0.4, 0.5) is 0 Å². The highest BCUT2D eigenvalue weighted by atomic mass is 32.1. The van der Waals surface area contributed by atoms with Gasteiger partial charge in [-0.25, -0.2) is 0 Å². The molecule has 0 fully saturated rings. The van der Waals surface area contributed by atoms with Crippen molar-refractivity contribution in [1.82, 2.24) is 9.88 Å². The summed E-state index contributed by atoms with van der Waals surface area (Å²) in [5.74, 6) is -0.170. The van der Waals surface area contributed by atoms with Crippen LogP contribution in [0.2, 0.25) is 0 Å². The Bertz CT molecular complexity index is 1320. The molecule has 166 valence electrons. The average molecular weight is 449 g/mol. The molecule has 1 aromatic carbocycles. The van der Waals surface area contributed by atoms with E-state index >= 15 is 0 Å². The maximum atomic E-state index is 12.3. The quantitative estimate of drug-likeness (QED) is 0.584. The summed E-state index contributed by atoms with van der Waals surface area (Å²) in [5, 5.41) is 12.9. The van der Waals surface area contributed by atoms with Gasteiger partial charge in [0, 0.05) is 46.2 Å². The lowest BCUT2D eigenvalue weighted by atomic mass is 9.96. The second kappa shape index (κ2) is 9.67. The first kappa shape index (κ1) is 22.2. The minimum atomic E-state index is -0.170. The molecule has 2 aromatic heterocycles. The van der Waals surface area contributed by atoms with Crippen LogP contribution >= 0.6 is 11.3 Å². The minimum absolute atomic E-state index is 0.0288. The van der Waals surface area contributed by atoms with Crippen molar-refractivity contribution in [2.75, 3.05) is 13.2 Å². The van der Waals surface area contributed by atoms with Gasteiger partial charge in [0.05, 0.1) is 6.61 Å². The Kier molecular flexibility index (Phi) is 6.72. The van der Waals surface area contributed by atoms with Crippen LogP contribution in [0, 0.1) is 0 Å². The molecule has 0 spiro atoms. The van der Waals surface area contributed by atoms with Crippen molar-refractivity contribution in [2.45, 2.75) is 39.2 Å². The van der Waals surface area contributed by atoms with Gasteiger partial charge in [-0.3, -0.25) is 9.59 Å². The third-order valence-electron chi connectivity index (χ3n) is 5.65. The van der Waals surface area contributed by atoms with Gasteiger partial charge in [-0.05, 0) is 66.8 Å². The molecule has 1 amide bonds. The van der Waals surface area contributed by atoms with Crippen LogP contribution in [0.5, 0.6) is 0 Å². The van der Waals surface area contributed by atoms with E-state index in [-0.39, 0.29) is 30.7 Å². The molecule has 3 aromatic rings. The van der Waals surface area contributed by atoms with Gasteiger partial charge in [-0.1, -0.05) is 24.3 Å². The summed E-state index contributed by atoms with van der Waals surface area (Å²) in [6.07, 6.45) is 6.94. The summed E-state index contributed by atoms with van der Waals surface area (Å²) >= 11 is 1.79. The molecule has 0 saturated carbocycles. The fourth-order valence-electron chi connectivity index (χ4n) is 4.07. The number of nitrogens with zero attached hydrogens (tertiary/aromatic N) is 1. The van der Waals surface area contributed by atoms with Crippen LogP contribution in [-0.4, -0.2) is 28.7 Å². The fourth-order valence-corrected chi connectivity index (χ4v) is 5.36. The highest BCUT2D eigenvalue weighted by molar-refractivity contribution is 7.10. The van der Waals surface area contributed by atoms with Gasteiger partial charge in [-0.15, -0.1) is 11.3 Å². The SMILES string of the molecule is CC(C)n1cc(Cc2cc3c(s2)=C(c2cccc(C(=O)NCCO)c2)CCC=3)ccc1=O. The van der Waals surface area contributed by atoms with Crippen LogP contribution in [-0.2, 0) is 6.42 Å². The molecule has 0 saturated heterocycles. The fraction of sp³-hybridized carbons (Fsp3) is 0.308. The number of benzene rings is 1. The van der Waals surface area contributed by atoms with E-state index < -0.39 is 0 Å². The summed E-state index contributed by atoms with van der Waals surface area (Å²) in [4.78, 5) is 25.7. The van der Waals surface area contributed by atoms with Crippen molar-refractivity contribution in [1.29, 1.82) is 0 Å². The number of carbonyl (C=O) groups is 1.